The predicted molar refractivity (Wildman–Crippen MR) is 43.1 cm³/mol. The van der Waals surface area contributed by atoms with Crippen molar-refractivity contribution in [3.63, 3.8) is 0 Å². The van der Waals surface area contributed by atoms with Crippen molar-refractivity contribution in [1.82, 2.24) is 0 Å². The first-order valence-electron chi connectivity index (χ1n) is 2.82. The van der Waals surface area contributed by atoms with E-state index in [1.54, 1.807) is 12.1 Å². The fraction of sp³-hybridized carbons (Fsp3) is 0. The largest absolute Gasteiger partial charge is 0.386 e. The molecule has 1 aromatic rings. The van der Waals surface area contributed by atoms with Gasteiger partial charge in [-0.2, -0.15) is 0 Å². The van der Waals surface area contributed by atoms with Gasteiger partial charge in [0.25, 0.3) is 5.24 Å². The Morgan fingerprint density at radius 3 is 2.18 bits per heavy atom. The van der Waals surface area contributed by atoms with Gasteiger partial charge in [-0.1, -0.05) is 0 Å². The smallest absolute Gasteiger partial charge is 0.252 e. The van der Waals surface area contributed by atoms with Gasteiger partial charge in [-0.3, -0.25) is 4.79 Å². The van der Waals surface area contributed by atoms with Crippen LogP contribution in [0.2, 0.25) is 0 Å². The molecule has 0 aliphatic heterocycles. The molecule has 4 heteroatoms. The van der Waals surface area contributed by atoms with E-state index in [9.17, 15) is 4.79 Å². The van der Waals surface area contributed by atoms with Crippen molar-refractivity contribution in [2.75, 3.05) is 0 Å². The van der Waals surface area contributed by atoms with Crippen molar-refractivity contribution in [1.29, 1.82) is 0 Å². The van der Waals surface area contributed by atoms with E-state index in [4.69, 9.17) is 23.5 Å². The first-order valence-corrected chi connectivity index (χ1v) is 3.51. The summed E-state index contributed by atoms with van der Waals surface area (Å²) in [6, 6.07) is 6.19. The van der Waals surface area contributed by atoms with Gasteiger partial charge in [0, 0.05) is 5.56 Å². The zero-order valence-corrected chi connectivity index (χ0v) is 6.89. The summed E-state index contributed by atoms with van der Waals surface area (Å²) < 4.78 is 4.37. The Labute approximate surface area is 73.9 Å². The summed E-state index contributed by atoms with van der Waals surface area (Å²) in [6.07, 6.45) is 0. The van der Waals surface area contributed by atoms with E-state index in [0.29, 0.717) is 11.3 Å². The van der Waals surface area contributed by atoms with Crippen LogP contribution in [-0.2, 0) is 0 Å². The molecule has 0 unspecified atom stereocenters. The van der Waals surface area contributed by atoms with Gasteiger partial charge in [-0.15, -0.1) is 0 Å². The maximum absolute atomic E-state index is 10.5. The summed E-state index contributed by atoms with van der Waals surface area (Å²) in [7, 11) is 0. The third-order valence-corrected chi connectivity index (χ3v) is 1.57. The third-order valence-electron chi connectivity index (χ3n) is 1.17. The Bertz CT molecular complexity index is 256. The van der Waals surface area contributed by atoms with Crippen LogP contribution in [0.25, 0.3) is 0 Å². The molecule has 0 aromatic heterocycles. The second kappa shape index (κ2) is 3.60. The zero-order valence-electron chi connectivity index (χ0n) is 5.38. The number of hydrogen-bond donors (Lipinski definition) is 0. The van der Waals surface area contributed by atoms with Crippen LogP contribution in [0, 0.1) is 0 Å². The first-order chi connectivity index (χ1) is 5.24. The number of hydrogen-bond acceptors (Lipinski definition) is 2. The molecule has 11 heavy (non-hydrogen) atoms. The average Bonchev–Trinajstić information content (AvgIpc) is 2.05. The van der Waals surface area contributed by atoms with Crippen LogP contribution < -0.4 is 4.29 Å². The second-order valence-corrected chi connectivity index (χ2v) is 2.37. The molecule has 0 aliphatic carbocycles. The van der Waals surface area contributed by atoms with Gasteiger partial charge < -0.3 is 4.29 Å². The normalized spacial score (nSPS) is 9.27. The topological polar surface area (TPSA) is 26.3 Å². The molecular formula is C7H4Cl2O2. The number of carbonyl (C=O) groups is 1. The molecule has 0 bridgehead atoms. The number of halogens is 2. The molecule has 58 valence electrons. The highest BCUT2D eigenvalue weighted by Crippen LogP contribution is 2.14. The zero-order chi connectivity index (χ0) is 8.27. The van der Waals surface area contributed by atoms with Gasteiger partial charge in [-0.05, 0) is 35.9 Å². The second-order valence-electron chi connectivity index (χ2n) is 1.88. The quantitative estimate of drug-likeness (QED) is 0.671. The monoisotopic (exact) mass is 190 g/mol. The standard InChI is InChI=1S/C7H4Cl2O2/c8-7(10)5-1-3-6(11-9)4-2-5/h1-4H. The van der Waals surface area contributed by atoms with Crippen molar-refractivity contribution >= 4 is 28.7 Å². The Hall–Kier alpha value is -0.730. The van der Waals surface area contributed by atoms with Crippen molar-refractivity contribution in [2.45, 2.75) is 0 Å². The first kappa shape index (κ1) is 8.37. The molecule has 0 spiro atoms. The van der Waals surface area contributed by atoms with E-state index in [-0.39, 0.29) is 0 Å². The molecule has 0 saturated heterocycles. The molecule has 0 fully saturated rings. The molecule has 0 heterocycles. The average molecular weight is 191 g/mol. The minimum atomic E-state index is -0.494. The lowest BCUT2D eigenvalue weighted by Crippen LogP contribution is -1.86. The predicted octanol–water partition coefficient (Wildman–Crippen LogP) is 2.60. The molecule has 0 atom stereocenters. The van der Waals surface area contributed by atoms with Gasteiger partial charge in [0.15, 0.2) is 0 Å². The van der Waals surface area contributed by atoms with Crippen molar-refractivity contribution in [3.8, 4) is 5.75 Å². The maximum Gasteiger partial charge on any atom is 0.252 e. The minimum absolute atomic E-state index is 0.420. The van der Waals surface area contributed by atoms with E-state index in [2.05, 4.69) is 4.29 Å². The lowest BCUT2D eigenvalue weighted by atomic mass is 10.2. The van der Waals surface area contributed by atoms with E-state index in [1.165, 1.54) is 12.1 Å². The van der Waals surface area contributed by atoms with Crippen LogP contribution in [0.3, 0.4) is 0 Å². The SMILES string of the molecule is O=C(Cl)c1ccc(OCl)cc1. The fourth-order valence-corrected chi connectivity index (χ4v) is 0.866. The van der Waals surface area contributed by atoms with Crippen LogP contribution in [0.5, 0.6) is 5.75 Å². The van der Waals surface area contributed by atoms with E-state index in [0.717, 1.165) is 0 Å². The molecular weight excluding hydrogens is 187 g/mol. The number of rotatable bonds is 2. The van der Waals surface area contributed by atoms with Crippen LogP contribution >= 0.6 is 23.5 Å². The lowest BCUT2D eigenvalue weighted by molar-refractivity contribution is 0.108. The molecule has 1 aromatic carbocycles. The van der Waals surface area contributed by atoms with E-state index in [1.807, 2.05) is 0 Å². The van der Waals surface area contributed by atoms with E-state index < -0.39 is 5.24 Å². The summed E-state index contributed by atoms with van der Waals surface area (Å²) in [5, 5.41) is -0.494. The van der Waals surface area contributed by atoms with Gasteiger partial charge in [0.05, 0.1) is 0 Å². The fourth-order valence-electron chi connectivity index (χ4n) is 0.637. The van der Waals surface area contributed by atoms with Crippen LogP contribution in [0.1, 0.15) is 10.4 Å². The minimum Gasteiger partial charge on any atom is -0.386 e. The van der Waals surface area contributed by atoms with Crippen molar-refractivity contribution < 1.29 is 9.08 Å². The Morgan fingerprint density at radius 1 is 1.27 bits per heavy atom. The van der Waals surface area contributed by atoms with Crippen LogP contribution in [-0.4, -0.2) is 5.24 Å². The van der Waals surface area contributed by atoms with E-state index >= 15 is 0 Å². The Kier molecular flexibility index (Phi) is 2.74. The summed E-state index contributed by atoms with van der Waals surface area (Å²) in [4.78, 5) is 10.5. The summed E-state index contributed by atoms with van der Waals surface area (Å²) in [5.74, 6) is 0.480. The molecule has 0 N–H and O–H groups in total. The Morgan fingerprint density at radius 2 is 1.82 bits per heavy atom. The van der Waals surface area contributed by atoms with Crippen LogP contribution in [0.15, 0.2) is 24.3 Å². The van der Waals surface area contributed by atoms with Crippen molar-refractivity contribution in [2.24, 2.45) is 0 Å². The Balaban J connectivity index is 2.91. The highest BCUT2D eigenvalue weighted by atomic mass is 35.5. The molecule has 0 radical (unpaired) electrons. The van der Waals surface area contributed by atoms with Gasteiger partial charge in [-0.25, -0.2) is 0 Å². The van der Waals surface area contributed by atoms with Crippen LogP contribution in [0.4, 0.5) is 0 Å². The highest BCUT2D eigenvalue weighted by Gasteiger charge is 2.00. The molecule has 1 rings (SSSR count). The van der Waals surface area contributed by atoms with Crippen molar-refractivity contribution in [3.05, 3.63) is 29.8 Å². The lowest BCUT2D eigenvalue weighted by Gasteiger charge is -1.95. The highest BCUT2D eigenvalue weighted by molar-refractivity contribution is 6.67. The third kappa shape index (κ3) is 2.10. The van der Waals surface area contributed by atoms with Gasteiger partial charge >= 0.3 is 0 Å². The summed E-state index contributed by atoms with van der Waals surface area (Å²) >= 11 is 10.2. The number of carbonyl (C=O) groups excluding carboxylic acids is 1. The molecule has 0 aliphatic rings. The molecule has 0 saturated carbocycles. The maximum atomic E-state index is 10.5. The molecule has 2 nitrogen and oxygen atoms in total. The number of benzene rings is 1. The summed E-state index contributed by atoms with van der Waals surface area (Å²) in [6.45, 7) is 0. The molecule has 0 amide bonds. The van der Waals surface area contributed by atoms with Gasteiger partial charge in [0.2, 0.25) is 0 Å². The summed E-state index contributed by atoms with van der Waals surface area (Å²) in [5.41, 5.74) is 0.420. The van der Waals surface area contributed by atoms with Gasteiger partial charge in [0.1, 0.15) is 17.6 Å².